The van der Waals surface area contributed by atoms with E-state index in [-0.39, 0.29) is 11.7 Å². The Labute approximate surface area is 167 Å². The minimum absolute atomic E-state index is 0.0777. The van der Waals surface area contributed by atoms with E-state index in [0.29, 0.717) is 33.3 Å². The highest BCUT2D eigenvalue weighted by atomic mass is 35.5. The third kappa shape index (κ3) is 4.57. The van der Waals surface area contributed by atoms with Crippen LogP contribution in [0.15, 0.2) is 66.7 Å². The maximum Gasteiger partial charge on any atom is 0.251 e. The maximum absolute atomic E-state index is 12.4. The number of nitrogens with one attached hydrogen (secondary N) is 1. The van der Waals surface area contributed by atoms with E-state index in [2.05, 4.69) is 5.32 Å². The number of carbonyl (C=O) groups excluding carboxylic acids is 2. The van der Waals surface area contributed by atoms with Gasteiger partial charge in [-0.15, -0.1) is 0 Å². The number of amides is 1. The second kappa shape index (κ2) is 8.38. The summed E-state index contributed by atoms with van der Waals surface area (Å²) in [5.74, 6) is -0.315. The van der Waals surface area contributed by atoms with Crippen LogP contribution >= 0.6 is 23.2 Å². The largest absolute Gasteiger partial charge is 0.348 e. The first-order valence-corrected chi connectivity index (χ1v) is 9.14. The first-order chi connectivity index (χ1) is 13.0. The van der Waals surface area contributed by atoms with Gasteiger partial charge in [-0.1, -0.05) is 65.7 Å². The van der Waals surface area contributed by atoms with Crippen LogP contribution in [0, 0.1) is 6.92 Å². The molecule has 0 atom stereocenters. The maximum atomic E-state index is 12.4. The Morgan fingerprint density at radius 3 is 2.07 bits per heavy atom. The number of benzene rings is 3. The predicted octanol–water partition coefficient (Wildman–Crippen LogP) is 5.46. The standard InChI is InChI=1S/C22H17Cl2NO2/c1-14-11-18(23)12-20(24)19(14)13-25-22(27)17-9-7-16(8-10-17)21(26)15-5-3-2-4-6-15/h2-12H,13H2,1H3,(H,25,27). The van der Waals surface area contributed by atoms with Crippen LogP contribution in [-0.4, -0.2) is 11.7 Å². The molecule has 5 heteroatoms. The molecule has 0 aliphatic heterocycles. The van der Waals surface area contributed by atoms with E-state index in [1.165, 1.54) is 0 Å². The van der Waals surface area contributed by atoms with Crippen LogP contribution in [-0.2, 0) is 6.54 Å². The van der Waals surface area contributed by atoms with E-state index in [9.17, 15) is 9.59 Å². The second-order valence-corrected chi connectivity index (χ2v) is 6.98. The smallest absolute Gasteiger partial charge is 0.251 e. The normalized spacial score (nSPS) is 10.5. The van der Waals surface area contributed by atoms with Gasteiger partial charge in [-0.25, -0.2) is 0 Å². The Bertz CT molecular complexity index is 960. The lowest BCUT2D eigenvalue weighted by molar-refractivity contribution is 0.0949. The van der Waals surface area contributed by atoms with Gasteiger partial charge in [-0.2, -0.15) is 0 Å². The summed E-state index contributed by atoms with van der Waals surface area (Å²) < 4.78 is 0. The summed E-state index contributed by atoms with van der Waals surface area (Å²) in [6.07, 6.45) is 0. The SMILES string of the molecule is Cc1cc(Cl)cc(Cl)c1CNC(=O)c1ccc(C(=O)c2ccccc2)cc1. The van der Waals surface area contributed by atoms with Gasteiger partial charge in [-0.05, 0) is 42.3 Å². The Morgan fingerprint density at radius 2 is 1.44 bits per heavy atom. The average molecular weight is 398 g/mol. The lowest BCUT2D eigenvalue weighted by atomic mass is 10.0. The van der Waals surface area contributed by atoms with Crippen molar-refractivity contribution >= 4 is 34.9 Å². The minimum Gasteiger partial charge on any atom is -0.348 e. The van der Waals surface area contributed by atoms with Crippen molar-refractivity contribution < 1.29 is 9.59 Å². The van der Waals surface area contributed by atoms with Gasteiger partial charge >= 0.3 is 0 Å². The van der Waals surface area contributed by atoms with Crippen LogP contribution in [0.3, 0.4) is 0 Å². The predicted molar refractivity (Wildman–Crippen MR) is 109 cm³/mol. The summed E-state index contributed by atoms with van der Waals surface area (Å²) >= 11 is 12.2. The Kier molecular flexibility index (Phi) is 5.94. The van der Waals surface area contributed by atoms with Crippen molar-refractivity contribution in [1.82, 2.24) is 5.32 Å². The van der Waals surface area contributed by atoms with Gasteiger partial charge in [0.2, 0.25) is 0 Å². The molecule has 136 valence electrons. The highest BCUT2D eigenvalue weighted by molar-refractivity contribution is 6.35. The molecule has 0 bridgehead atoms. The van der Waals surface area contributed by atoms with Crippen molar-refractivity contribution in [3.8, 4) is 0 Å². The van der Waals surface area contributed by atoms with Crippen molar-refractivity contribution in [3.05, 3.63) is 105 Å². The Morgan fingerprint density at radius 1 is 0.852 bits per heavy atom. The molecule has 3 aromatic rings. The summed E-state index contributed by atoms with van der Waals surface area (Å²) in [5.41, 5.74) is 3.36. The summed E-state index contributed by atoms with van der Waals surface area (Å²) in [6.45, 7) is 2.19. The number of carbonyl (C=O) groups is 2. The van der Waals surface area contributed by atoms with Crippen molar-refractivity contribution in [3.63, 3.8) is 0 Å². The van der Waals surface area contributed by atoms with Gasteiger partial charge in [0, 0.05) is 33.3 Å². The molecule has 3 nitrogen and oxygen atoms in total. The molecular weight excluding hydrogens is 381 g/mol. The van der Waals surface area contributed by atoms with E-state index in [1.54, 1.807) is 48.5 Å². The number of hydrogen-bond acceptors (Lipinski definition) is 2. The molecule has 1 amide bonds. The molecule has 0 saturated carbocycles. The van der Waals surface area contributed by atoms with E-state index in [4.69, 9.17) is 23.2 Å². The molecule has 0 radical (unpaired) electrons. The lowest BCUT2D eigenvalue weighted by Crippen LogP contribution is -2.23. The Balaban J connectivity index is 1.69. The fourth-order valence-corrected chi connectivity index (χ4v) is 3.42. The van der Waals surface area contributed by atoms with Gasteiger partial charge in [0.05, 0.1) is 0 Å². The zero-order chi connectivity index (χ0) is 19.4. The highest BCUT2D eigenvalue weighted by Crippen LogP contribution is 2.25. The number of ketones is 1. The molecule has 0 unspecified atom stereocenters. The fourth-order valence-electron chi connectivity index (χ4n) is 2.76. The lowest BCUT2D eigenvalue weighted by Gasteiger charge is -2.11. The van der Waals surface area contributed by atoms with Gasteiger partial charge in [0.15, 0.2) is 5.78 Å². The number of rotatable bonds is 5. The molecule has 0 spiro atoms. The number of halogens is 2. The molecule has 0 heterocycles. The second-order valence-electron chi connectivity index (χ2n) is 6.14. The molecule has 0 aliphatic carbocycles. The molecule has 0 saturated heterocycles. The van der Waals surface area contributed by atoms with Gasteiger partial charge in [0.1, 0.15) is 0 Å². The molecular formula is C22H17Cl2NO2. The van der Waals surface area contributed by atoms with Crippen LogP contribution in [0.4, 0.5) is 0 Å². The summed E-state index contributed by atoms with van der Waals surface area (Å²) in [4.78, 5) is 24.8. The van der Waals surface area contributed by atoms with Crippen LogP contribution in [0.5, 0.6) is 0 Å². The van der Waals surface area contributed by atoms with E-state index < -0.39 is 0 Å². The Hall–Kier alpha value is -2.62. The number of hydrogen-bond donors (Lipinski definition) is 1. The van der Waals surface area contributed by atoms with Gasteiger partial charge < -0.3 is 5.32 Å². The topological polar surface area (TPSA) is 46.2 Å². The molecule has 0 aliphatic rings. The molecule has 3 rings (SSSR count). The fraction of sp³-hybridized carbons (Fsp3) is 0.0909. The van der Waals surface area contributed by atoms with Crippen LogP contribution < -0.4 is 5.32 Å². The summed E-state index contributed by atoms with van der Waals surface area (Å²) in [5, 5.41) is 3.92. The van der Waals surface area contributed by atoms with Gasteiger partial charge in [-0.3, -0.25) is 9.59 Å². The van der Waals surface area contributed by atoms with Crippen molar-refractivity contribution in [2.24, 2.45) is 0 Å². The van der Waals surface area contributed by atoms with Crippen molar-refractivity contribution in [2.75, 3.05) is 0 Å². The first kappa shape index (κ1) is 19.2. The quantitative estimate of drug-likeness (QED) is 0.580. The van der Waals surface area contributed by atoms with Crippen molar-refractivity contribution in [1.29, 1.82) is 0 Å². The minimum atomic E-state index is -0.237. The van der Waals surface area contributed by atoms with E-state index in [1.807, 2.05) is 25.1 Å². The summed E-state index contributed by atoms with van der Waals surface area (Å²) in [7, 11) is 0. The molecule has 0 fully saturated rings. The van der Waals surface area contributed by atoms with Crippen LogP contribution in [0.2, 0.25) is 10.0 Å². The number of aryl methyl sites for hydroxylation is 1. The third-order valence-electron chi connectivity index (χ3n) is 4.25. The molecule has 1 N–H and O–H groups in total. The van der Waals surface area contributed by atoms with E-state index >= 15 is 0 Å². The monoisotopic (exact) mass is 397 g/mol. The van der Waals surface area contributed by atoms with Crippen molar-refractivity contribution in [2.45, 2.75) is 13.5 Å². The zero-order valence-electron chi connectivity index (χ0n) is 14.6. The first-order valence-electron chi connectivity index (χ1n) is 8.38. The summed E-state index contributed by atoms with van der Waals surface area (Å²) in [6, 6.07) is 19.1. The zero-order valence-corrected chi connectivity index (χ0v) is 16.1. The van der Waals surface area contributed by atoms with Crippen LogP contribution in [0.25, 0.3) is 0 Å². The molecule has 3 aromatic carbocycles. The van der Waals surface area contributed by atoms with Gasteiger partial charge in [0.25, 0.3) is 5.91 Å². The highest BCUT2D eigenvalue weighted by Gasteiger charge is 2.12. The van der Waals surface area contributed by atoms with E-state index in [0.717, 1.165) is 11.1 Å². The van der Waals surface area contributed by atoms with Crippen LogP contribution in [0.1, 0.15) is 37.4 Å². The average Bonchev–Trinajstić information content (AvgIpc) is 2.67. The molecule has 0 aromatic heterocycles. The third-order valence-corrected chi connectivity index (χ3v) is 4.81. The molecule has 27 heavy (non-hydrogen) atoms.